The lowest BCUT2D eigenvalue weighted by Gasteiger charge is -2.23. The average Bonchev–Trinajstić information content (AvgIpc) is 2.70. The van der Waals surface area contributed by atoms with Crippen molar-refractivity contribution in [2.45, 2.75) is 6.42 Å². The molecule has 130 valence electrons. The summed E-state index contributed by atoms with van der Waals surface area (Å²) in [6.07, 6.45) is 3.10. The Morgan fingerprint density at radius 2 is 1.46 bits per heavy atom. The van der Waals surface area contributed by atoms with Crippen molar-refractivity contribution in [2.24, 2.45) is 0 Å². The van der Waals surface area contributed by atoms with Crippen molar-refractivity contribution in [3.63, 3.8) is 0 Å². The molecule has 0 saturated carbocycles. The topological polar surface area (TPSA) is 59.5 Å². The van der Waals surface area contributed by atoms with Crippen LogP contribution in [0.2, 0.25) is 0 Å². The van der Waals surface area contributed by atoms with Gasteiger partial charge >= 0.3 is 5.97 Å². The van der Waals surface area contributed by atoms with E-state index in [1.54, 1.807) is 23.2 Å². The van der Waals surface area contributed by atoms with E-state index in [-0.39, 0.29) is 18.9 Å². The van der Waals surface area contributed by atoms with Gasteiger partial charge in [0.05, 0.1) is 12.0 Å². The molecule has 0 aliphatic carbocycles. The first-order valence-electron chi connectivity index (χ1n) is 8.26. The monoisotopic (exact) mass is 346 g/mol. The Morgan fingerprint density at radius 1 is 0.846 bits per heavy atom. The number of nitrogens with zero attached hydrogens (tertiary/aromatic N) is 2. The van der Waals surface area contributed by atoms with Crippen LogP contribution >= 0.6 is 0 Å². The SMILES string of the molecule is O=C(OCCC(=O)N(c1ccccc1)c1ccccc1)c1cccnc1. The van der Waals surface area contributed by atoms with E-state index < -0.39 is 5.97 Å². The zero-order chi connectivity index (χ0) is 18.2. The molecule has 1 heterocycles. The number of amides is 1. The van der Waals surface area contributed by atoms with E-state index in [0.29, 0.717) is 5.56 Å². The fraction of sp³-hybridized carbons (Fsp3) is 0.0952. The Bertz CT molecular complexity index is 813. The number of hydrogen-bond acceptors (Lipinski definition) is 4. The fourth-order valence-corrected chi connectivity index (χ4v) is 2.50. The number of rotatable bonds is 6. The van der Waals surface area contributed by atoms with Crippen LogP contribution in [0.5, 0.6) is 0 Å². The summed E-state index contributed by atoms with van der Waals surface area (Å²) in [6, 6.07) is 22.0. The molecule has 3 rings (SSSR count). The molecule has 0 unspecified atom stereocenters. The van der Waals surface area contributed by atoms with Crippen LogP contribution in [-0.2, 0) is 9.53 Å². The Kier molecular flexibility index (Phi) is 5.72. The highest BCUT2D eigenvalue weighted by atomic mass is 16.5. The molecule has 0 radical (unpaired) electrons. The normalized spacial score (nSPS) is 10.2. The van der Waals surface area contributed by atoms with Crippen LogP contribution in [0.4, 0.5) is 11.4 Å². The third-order valence-corrected chi connectivity index (χ3v) is 3.72. The first-order valence-corrected chi connectivity index (χ1v) is 8.26. The Hall–Kier alpha value is -3.47. The standard InChI is InChI=1S/C21H18N2O3/c24-20(13-15-26-21(25)17-8-7-14-22-16-17)23(18-9-3-1-4-10-18)19-11-5-2-6-12-19/h1-12,14,16H,13,15H2. The molecule has 2 aromatic carbocycles. The van der Waals surface area contributed by atoms with Crippen molar-refractivity contribution in [1.29, 1.82) is 0 Å². The lowest BCUT2D eigenvalue weighted by atomic mass is 10.2. The van der Waals surface area contributed by atoms with Crippen LogP contribution in [0.25, 0.3) is 0 Å². The number of hydrogen-bond donors (Lipinski definition) is 0. The lowest BCUT2D eigenvalue weighted by Crippen LogP contribution is -2.27. The maximum atomic E-state index is 12.8. The van der Waals surface area contributed by atoms with Crippen LogP contribution in [-0.4, -0.2) is 23.5 Å². The summed E-state index contributed by atoms with van der Waals surface area (Å²) in [5.74, 6) is -0.641. The quantitative estimate of drug-likeness (QED) is 0.633. The summed E-state index contributed by atoms with van der Waals surface area (Å²) in [7, 11) is 0. The second kappa shape index (κ2) is 8.58. The summed E-state index contributed by atoms with van der Waals surface area (Å²) in [5.41, 5.74) is 1.90. The molecule has 3 aromatic rings. The van der Waals surface area contributed by atoms with E-state index in [4.69, 9.17) is 4.74 Å². The van der Waals surface area contributed by atoms with E-state index in [2.05, 4.69) is 4.98 Å². The van der Waals surface area contributed by atoms with Crippen LogP contribution in [0.3, 0.4) is 0 Å². The van der Waals surface area contributed by atoms with Gasteiger partial charge in [-0.2, -0.15) is 0 Å². The van der Waals surface area contributed by atoms with Gasteiger partial charge in [0.15, 0.2) is 0 Å². The summed E-state index contributed by atoms with van der Waals surface area (Å²) < 4.78 is 5.19. The molecule has 0 bridgehead atoms. The molecule has 0 aliphatic heterocycles. The number of ether oxygens (including phenoxy) is 1. The third kappa shape index (κ3) is 4.33. The molecular weight excluding hydrogens is 328 g/mol. The van der Waals surface area contributed by atoms with Crippen molar-refractivity contribution in [3.05, 3.63) is 90.8 Å². The predicted molar refractivity (Wildman–Crippen MR) is 99.2 cm³/mol. The van der Waals surface area contributed by atoms with E-state index >= 15 is 0 Å². The molecule has 5 nitrogen and oxygen atoms in total. The minimum Gasteiger partial charge on any atom is -0.462 e. The number of anilines is 2. The first-order chi connectivity index (χ1) is 12.8. The highest BCUT2D eigenvalue weighted by Gasteiger charge is 2.18. The molecule has 1 aromatic heterocycles. The average molecular weight is 346 g/mol. The molecule has 0 atom stereocenters. The van der Waals surface area contributed by atoms with Crippen molar-refractivity contribution in [3.8, 4) is 0 Å². The zero-order valence-electron chi connectivity index (χ0n) is 14.1. The van der Waals surface area contributed by atoms with Crippen molar-refractivity contribution in [2.75, 3.05) is 11.5 Å². The van der Waals surface area contributed by atoms with Gasteiger partial charge in [0.1, 0.15) is 6.61 Å². The first kappa shape index (κ1) is 17.4. The van der Waals surface area contributed by atoms with Gasteiger partial charge < -0.3 is 4.74 Å². The van der Waals surface area contributed by atoms with Crippen LogP contribution in [0, 0.1) is 0 Å². The fourth-order valence-electron chi connectivity index (χ4n) is 2.50. The second-order valence-corrected chi connectivity index (χ2v) is 5.53. The minimum atomic E-state index is -0.489. The van der Waals surface area contributed by atoms with E-state index in [9.17, 15) is 9.59 Å². The summed E-state index contributed by atoms with van der Waals surface area (Å²) in [6.45, 7) is 0.00271. The van der Waals surface area contributed by atoms with Gasteiger partial charge in [-0.05, 0) is 36.4 Å². The van der Waals surface area contributed by atoms with Crippen LogP contribution in [0.15, 0.2) is 85.2 Å². The summed E-state index contributed by atoms with van der Waals surface area (Å²) in [5, 5.41) is 0. The largest absolute Gasteiger partial charge is 0.462 e. The van der Waals surface area contributed by atoms with Crippen molar-refractivity contribution >= 4 is 23.3 Å². The molecule has 26 heavy (non-hydrogen) atoms. The van der Waals surface area contributed by atoms with E-state index in [1.165, 1.54) is 6.20 Å². The van der Waals surface area contributed by atoms with Gasteiger partial charge in [0, 0.05) is 23.8 Å². The predicted octanol–water partition coefficient (Wildman–Crippen LogP) is 3.99. The Balaban J connectivity index is 1.68. The number of benzene rings is 2. The molecular formula is C21H18N2O3. The highest BCUT2D eigenvalue weighted by Crippen LogP contribution is 2.25. The smallest absolute Gasteiger partial charge is 0.339 e. The van der Waals surface area contributed by atoms with Gasteiger partial charge in [0.25, 0.3) is 0 Å². The van der Waals surface area contributed by atoms with Gasteiger partial charge in [-0.15, -0.1) is 0 Å². The van der Waals surface area contributed by atoms with Crippen LogP contribution in [0.1, 0.15) is 16.8 Å². The minimum absolute atomic E-state index is 0.00271. The van der Waals surface area contributed by atoms with Crippen molar-refractivity contribution < 1.29 is 14.3 Å². The van der Waals surface area contributed by atoms with Gasteiger partial charge in [-0.25, -0.2) is 4.79 Å². The molecule has 0 spiro atoms. The molecule has 1 amide bonds. The maximum absolute atomic E-state index is 12.8. The molecule has 0 N–H and O–H groups in total. The van der Waals surface area contributed by atoms with Gasteiger partial charge in [-0.3, -0.25) is 14.7 Å². The van der Waals surface area contributed by atoms with E-state index in [0.717, 1.165) is 11.4 Å². The summed E-state index contributed by atoms with van der Waals surface area (Å²) >= 11 is 0. The zero-order valence-corrected chi connectivity index (χ0v) is 14.1. The number of esters is 1. The third-order valence-electron chi connectivity index (χ3n) is 3.72. The Labute approximate surface area is 151 Å². The number of para-hydroxylation sites is 2. The number of carbonyl (C=O) groups excluding carboxylic acids is 2. The van der Waals surface area contributed by atoms with Gasteiger partial charge in [-0.1, -0.05) is 36.4 Å². The number of carbonyl (C=O) groups is 2. The number of pyridine rings is 1. The maximum Gasteiger partial charge on any atom is 0.339 e. The molecule has 5 heteroatoms. The van der Waals surface area contributed by atoms with Gasteiger partial charge in [0.2, 0.25) is 5.91 Å². The van der Waals surface area contributed by atoms with Crippen molar-refractivity contribution in [1.82, 2.24) is 4.98 Å². The second-order valence-electron chi connectivity index (χ2n) is 5.53. The molecule has 0 fully saturated rings. The van der Waals surface area contributed by atoms with Crippen LogP contribution < -0.4 is 4.90 Å². The van der Waals surface area contributed by atoms with E-state index in [1.807, 2.05) is 60.7 Å². The lowest BCUT2D eigenvalue weighted by molar-refractivity contribution is -0.118. The number of aromatic nitrogens is 1. The molecule has 0 aliphatic rings. The summed E-state index contributed by atoms with van der Waals surface area (Å²) in [4.78, 5) is 30.2. The highest BCUT2D eigenvalue weighted by molar-refractivity contribution is 6.00. The Morgan fingerprint density at radius 3 is 2.00 bits per heavy atom. The molecule has 0 saturated heterocycles.